The number of carbonyl (C=O) groups excluding carboxylic acids is 2. The standard InChI is InChI=1S/C12H18O4/c1-5-15-10(13)12(6-8(2)3)7-9(4)16-11(12)14/h9H,2,5-7H2,1,3-4H3. The normalized spacial score (nSPS) is 28.7. The molecule has 0 aliphatic carbocycles. The molecule has 0 aromatic heterocycles. The van der Waals surface area contributed by atoms with Crippen LogP contribution < -0.4 is 0 Å². The van der Waals surface area contributed by atoms with Gasteiger partial charge in [-0.2, -0.15) is 0 Å². The van der Waals surface area contributed by atoms with E-state index in [2.05, 4.69) is 6.58 Å². The smallest absolute Gasteiger partial charge is 0.324 e. The van der Waals surface area contributed by atoms with Gasteiger partial charge in [0.05, 0.1) is 6.61 Å². The van der Waals surface area contributed by atoms with Crippen LogP contribution in [0.25, 0.3) is 0 Å². The summed E-state index contributed by atoms with van der Waals surface area (Å²) in [4.78, 5) is 23.7. The van der Waals surface area contributed by atoms with Crippen molar-refractivity contribution >= 4 is 11.9 Å². The van der Waals surface area contributed by atoms with E-state index in [0.717, 1.165) is 5.57 Å². The molecule has 1 aliphatic rings. The van der Waals surface area contributed by atoms with E-state index in [0.29, 0.717) is 12.8 Å². The molecule has 4 nitrogen and oxygen atoms in total. The SMILES string of the molecule is C=C(C)CC1(C(=O)OCC)CC(C)OC1=O. The summed E-state index contributed by atoms with van der Waals surface area (Å²) < 4.78 is 10.0. The van der Waals surface area contributed by atoms with E-state index in [4.69, 9.17) is 9.47 Å². The topological polar surface area (TPSA) is 52.6 Å². The van der Waals surface area contributed by atoms with Gasteiger partial charge in [-0.05, 0) is 27.2 Å². The molecule has 0 radical (unpaired) electrons. The first kappa shape index (κ1) is 12.7. The average molecular weight is 226 g/mol. The third kappa shape index (κ3) is 2.26. The van der Waals surface area contributed by atoms with Gasteiger partial charge in [0.2, 0.25) is 0 Å². The van der Waals surface area contributed by atoms with Crippen LogP contribution >= 0.6 is 0 Å². The molecule has 1 aliphatic heterocycles. The van der Waals surface area contributed by atoms with E-state index in [1.54, 1.807) is 20.8 Å². The largest absolute Gasteiger partial charge is 0.465 e. The average Bonchev–Trinajstić information content (AvgIpc) is 2.42. The van der Waals surface area contributed by atoms with Gasteiger partial charge in [-0.25, -0.2) is 0 Å². The van der Waals surface area contributed by atoms with Gasteiger partial charge in [0.1, 0.15) is 6.10 Å². The fourth-order valence-corrected chi connectivity index (χ4v) is 2.08. The Labute approximate surface area is 95.6 Å². The van der Waals surface area contributed by atoms with E-state index < -0.39 is 17.4 Å². The second-order valence-corrected chi connectivity index (χ2v) is 4.36. The lowest BCUT2D eigenvalue weighted by Crippen LogP contribution is -2.37. The maximum Gasteiger partial charge on any atom is 0.324 e. The molecule has 4 heteroatoms. The molecule has 16 heavy (non-hydrogen) atoms. The van der Waals surface area contributed by atoms with E-state index in [-0.39, 0.29) is 12.7 Å². The van der Waals surface area contributed by atoms with Crippen LogP contribution in [0.2, 0.25) is 0 Å². The van der Waals surface area contributed by atoms with E-state index >= 15 is 0 Å². The van der Waals surface area contributed by atoms with Crippen molar-refractivity contribution in [3.63, 3.8) is 0 Å². The zero-order valence-electron chi connectivity index (χ0n) is 10.0. The van der Waals surface area contributed by atoms with Crippen molar-refractivity contribution in [1.82, 2.24) is 0 Å². The third-order valence-corrected chi connectivity index (χ3v) is 2.60. The zero-order chi connectivity index (χ0) is 12.3. The summed E-state index contributed by atoms with van der Waals surface area (Å²) in [5.41, 5.74) is -0.388. The highest BCUT2D eigenvalue weighted by Crippen LogP contribution is 2.40. The van der Waals surface area contributed by atoms with Crippen LogP contribution in [0.4, 0.5) is 0 Å². The maximum atomic E-state index is 11.9. The van der Waals surface area contributed by atoms with Gasteiger partial charge in [-0.15, -0.1) is 6.58 Å². The highest BCUT2D eigenvalue weighted by atomic mass is 16.6. The van der Waals surface area contributed by atoms with Gasteiger partial charge in [-0.3, -0.25) is 9.59 Å². The van der Waals surface area contributed by atoms with Crippen molar-refractivity contribution in [1.29, 1.82) is 0 Å². The highest BCUT2D eigenvalue weighted by Gasteiger charge is 2.54. The van der Waals surface area contributed by atoms with Gasteiger partial charge in [-0.1, -0.05) is 5.57 Å². The fraction of sp³-hybridized carbons (Fsp3) is 0.667. The maximum absolute atomic E-state index is 11.9. The molecule has 1 heterocycles. The first-order chi connectivity index (χ1) is 7.42. The van der Waals surface area contributed by atoms with Gasteiger partial charge in [0.15, 0.2) is 5.41 Å². The van der Waals surface area contributed by atoms with Crippen LogP contribution in [0.3, 0.4) is 0 Å². The predicted octanol–water partition coefficient (Wildman–Crippen LogP) is 1.84. The predicted molar refractivity (Wildman–Crippen MR) is 58.7 cm³/mol. The van der Waals surface area contributed by atoms with Gasteiger partial charge < -0.3 is 9.47 Å². The molecule has 0 aromatic carbocycles. The molecule has 0 amide bonds. The van der Waals surface area contributed by atoms with Crippen molar-refractivity contribution in [2.45, 2.75) is 39.7 Å². The molecule has 0 saturated carbocycles. The van der Waals surface area contributed by atoms with Crippen LogP contribution in [-0.4, -0.2) is 24.6 Å². The summed E-state index contributed by atoms with van der Waals surface area (Å²) in [6, 6.07) is 0. The molecular formula is C12H18O4. The summed E-state index contributed by atoms with van der Waals surface area (Å²) in [6.07, 6.45) is 0.434. The Bertz CT molecular complexity index is 321. The molecule has 1 fully saturated rings. The Morgan fingerprint density at radius 3 is 2.69 bits per heavy atom. The van der Waals surface area contributed by atoms with Crippen LogP contribution in [-0.2, 0) is 19.1 Å². The summed E-state index contributed by atoms with van der Waals surface area (Å²) in [5, 5.41) is 0. The number of rotatable bonds is 4. The van der Waals surface area contributed by atoms with Crippen LogP contribution in [0.15, 0.2) is 12.2 Å². The summed E-state index contributed by atoms with van der Waals surface area (Å²) in [6.45, 7) is 9.29. The third-order valence-electron chi connectivity index (χ3n) is 2.60. The Morgan fingerprint density at radius 1 is 1.69 bits per heavy atom. The zero-order valence-corrected chi connectivity index (χ0v) is 10.0. The fourth-order valence-electron chi connectivity index (χ4n) is 2.08. The molecular weight excluding hydrogens is 208 g/mol. The molecule has 1 saturated heterocycles. The van der Waals surface area contributed by atoms with Gasteiger partial charge in [0.25, 0.3) is 0 Å². The number of esters is 2. The van der Waals surface area contributed by atoms with E-state index in [1.807, 2.05) is 0 Å². The van der Waals surface area contributed by atoms with E-state index in [1.165, 1.54) is 0 Å². The molecule has 0 aromatic rings. The number of carbonyl (C=O) groups is 2. The minimum absolute atomic E-state index is 0.240. The number of ether oxygens (including phenoxy) is 2. The van der Waals surface area contributed by atoms with Crippen LogP contribution in [0.1, 0.15) is 33.6 Å². The van der Waals surface area contributed by atoms with Crippen molar-refractivity contribution in [2.75, 3.05) is 6.61 Å². The van der Waals surface area contributed by atoms with Gasteiger partial charge >= 0.3 is 11.9 Å². The monoisotopic (exact) mass is 226 g/mol. The van der Waals surface area contributed by atoms with Crippen molar-refractivity contribution in [3.05, 3.63) is 12.2 Å². The molecule has 0 bridgehead atoms. The lowest BCUT2D eigenvalue weighted by molar-refractivity contribution is -0.164. The quantitative estimate of drug-likeness (QED) is 0.417. The van der Waals surface area contributed by atoms with Crippen molar-refractivity contribution in [3.8, 4) is 0 Å². The minimum Gasteiger partial charge on any atom is -0.465 e. The molecule has 2 unspecified atom stereocenters. The van der Waals surface area contributed by atoms with Gasteiger partial charge in [0, 0.05) is 6.42 Å². The number of cyclic esters (lactones) is 1. The van der Waals surface area contributed by atoms with Crippen molar-refractivity contribution < 1.29 is 19.1 Å². The second kappa shape index (κ2) is 4.68. The highest BCUT2D eigenvalue weighted by molar-refractivity contribution is 6.01. The summed E-state index contributed by atoms with van der Waals surface area (Å²) in [5.74, 6) is -0.978. The Hall–Kier alpha value is -1.32. The Balaban J connectivity index is 2.97. The molecule has 0 N–H and O–H groups in total. The summed E-state index contributed by atoms with van der Waals surface area (Å²) >= 11 is 0. The number of allylic oxidation sites excluding steroid dienone is 1. The van der Waals surface area contributed by atoms with Crippen molar-refractivity contribution in [2.24, 2.45) is 5.41 Å². The first-order valence-electron chi connectivity index (χ1n) is 5.45. The van der Waals surface area contributed by atoms with Crippen LogP contribution in [0.5, 0.6) is 0 Å². The first-order valence-corrected chi connectivity index (χ1v) is 5.45. The summed E-state index contributed by atoms with van der Waals surface area (Å²) in [7, 11) is 0. The van der Waals surface area contributed by atoms with Crippen LogP contribution in [0, 0.1) is 5.41 Å². The molecule has 2 atom stereocenters. The van der Waals surface area contributed by atoms with E-state index in [9.17, 15) is 9.59 Å². The minimum atomic E-state index is -1.17. The number of hydrogen-bond acceptors (Lipinski definition) is 4. The molecule has 1 rings (SSSR count). The molecule has 0 spiro atoms. The number of hydrogen-bond donors (Lipinski definition) is 0. The molecule has 90 valence electrons. The lowest BCUT2D eigenvalue weighted by atomic mass is 9.79. The lowest BCUT2D eigenvalue weighted by Gasteiger charge is -2.22. The second-order valence-electron chi connectivity index (χ2n) is 4.36. The Morgan fingerprint density at radius 2 is 2.31 bits per heavy atom. The Kier molecular flexibility index (Phi) is 3.73.